The Kier molecular flexibility index (Phi) is 4.27. The Morgan fingerprint density at radius 1 is 1.07 bits per heavy atom. The van der Waals surface area contributed by atoms with Crippen LogP contribution >= 0.6 is 12.2 Å². The molecule has 0 aliphatic carbocycles. The molecule has 0 unspecified atom stereocenters. The van der Waals surface area contributed by atoms with Gasteiger partial charge in [-0.15, -0.1) is 0 Å². The molecule has 28 heavy (non-hydrogen) atoms. The second-order valence-corrected chi connectivity index (χ2v) is 7.75. The predicted octanol–water partition coefficient (Wildman–Crippen LogP) is 4.93. The third-order valence-electron chi connectivity index (χ3n) is 5.20. The van der Waals surface area contributed by atoms with Crippen molar-refractivity contribution in [1.82, 2.24) is 19.3 Å². The normalized spacial score (nSPS) is 11.6. The molecule has 0 saturated carbocycles. The number of H-pyrrole nitrogens is 1. The molecule has 0 bridgehead atoms. The van der Waals surface area contributed by atoms with Crippen molar-refractivity contribution in [3.8, 4) is 28.6 Å². The van der Waals surface area contributed by atoms with Gasteiger partial charge in [0.1, 0.15) is 11.5 Å². The van der Waals surface area contributed by atoms with E-state index in [4.69, 9.17) is 12.2 Å². The van der Waals surface area contributed by atoms with Gasteiger partial charge in [0.25, 0.3) is 0 Å². The number of nitrogens with zero attached hydrogens (tertiary/aromatic N) is 3. The monoisotopic (exact) mass is 394 g/mol. The minimum Gasteiger partial charge on any atom is -0.508 e. The van der Waals surface area contributed by atoms with E-state index >= 15 is 0 Å². The summed E-state index contributed by atoms with van der Waals surface area (Å²) >= 11 is 5.47. The second kappa shape index (κ2) is 6.53. The van der Waals surface area contributed by atoms with Crippen molar-refractivity contribution in [2.75, 3.05) is 0 Å². The zero-order valence-corrected chi connectivity index (χ0v) is 17.0. The number of phenols is 2. The largest absolute Gasteiger partial charge is 0.508 e. The molecule has 0 aliphatic heterocycles. The standard InChI is InChI=1S/C21H22N4O2S/c1-11(2)15-9-16(19(27)10-18(15)26)20-22-23-21(28)25(20)14-5-6-17-13(8-14)7-12(3)24(17)4/h5-11,26-27H,1-4H3,(H,23,28). The summed E-state index contributed by atoms with van der Waals surface area (Å²) in [6.07, 6.45) is 0. The Bertz CT molecular complexity index is 1260. The quantitative estimate of drug-likeness (QED) is 0.431. The van der Waals surface area contributed by atoms with E-state index in [0.717, 1.165) is 22.2 Å². The number of fused-ring (bicyclic) bond motifs is 1. The molecule has 6 nitrogen and oxygen atoms in total. The fourth-order valence-corrected chi connectivity index (χ4v) is 3.80. The van der Waals surface area contributed by atoms with Crippen LogP contribution in [0.4, 0.5) is 0 Å². The van der Waals surface area contributed by atoms with Crippen LogP contribution in [0.2, 0.25) is 0 Å². The van der Waals surface area contributed by atoms with E-state index in [9.17, 15) is 10.2 Å². The van der Waals surface area contributed by atoms with Gasteiger partial charge < -0.3 is 14.8 Å². The van der Waals surface area contributed by atoms with Crippen molar-refractivity contribution in [3.63, 3.8) is 0 Å². The molecule has 2 aromatic heterocycles. The first kappa shape index (κ1) is 18.3. The van der Waals surface area contributed by atoms with Gasteiger partial charge in [-0.1, -0.05) is 13.8 Å². The van der Waals surface area contributed by atoms with E-state index in [1.165, 1.54) is 11.8 Å². The molecule has 7 heteroatoms. The lowest BCUT2D eigenvalue weighted by Crippen LogP contribution is -1.99. The smallest absolute Gasteiger partial charge is 0.200 e. The van der Waals surface area contributed by atoms with Crippen molar-refractivity contribution in [2.24, 2.45) is 7.05 Å². The SMILES string of the molecule is Cc1cc2cc(-n3c(-c4cc(C(C)C)c(O)cc4O)n[nH]c3=S)ccc2n1C. The van der Waals surface area contributed by atoms with Crippen LogP contribution in [0, 0.1) is 11.7 Å². The molecule has 4 aromatic rings. The third-order valence-corrected chi connectivity index (χ3v) is 5.48. The van der Waals surface area contributed by atoms with Crippen LogP contribution in [-0.4, -0.2) is 29.5 Å². The highest BCUT2D eigenvalue weighted by Gasteiger charge is 2.19. The van der Waals surface area contributed by atoms with Crippen molar-refractivity contribution < 1.29 is 10.2 Å². The van der Waals surface area contributed by atoms with E-state index in [1.807, 2.05) is 33.0 Å². The molecule has 0 radical (unpaired) electrons. The predicted molar refractivity (Wildman–Crippen MR) is 113 cm³/mol. The van der Waals surface area contributed by atoms with Crippen molar-refractivity contribution in [3.05, 3.63) is 52.4 Å². The van der Waals surface area contributed by atoms with Crippen molar-refractivity contribution in [1.29, 1.82) is 0 Å². The van der Waals surface area contributed by atoms with Crippen LogP contribution in [0.5, 0.6) is 11.5 Å². The van der Waals surface area contributed by atoms with Crippen LogP contribution in [0.15, 0.2) is 36.4 Å². The molecule has 0 fully saturated rings. The van der Waals surface area contributed by atoms with Crippen LogP contribution in [-0.2, 0) is 7.05 Å². The minimum absolute atomic E-state index is 0.0474. The molecular formula is C21H22N4O2S. The number of aromatic nitrogens is 4. The molecule has 144 valence electrons. The second-order valence-electron chi connectivity index (χ2n) is 7.36. The lowest BCUT2D eigenvalue weighted by molar-refractivity contribution is 0.444. The summed E-state index contributed by atoms with van der Waals surface area (Å²) in [5, 5.41) is 28.9. The van der Waals surface area contributed by atoms with E-state index in [0.29, 0.717) is 16.2 Å². The Balaban J connectivity index is 1.95. The average molecular weight is 395 g/mol. The number of hydrogen-bond donors (Lipinski definition) is 3. The number of aryl methyl sites for hydroxylation is 2. The van der Waals surface area contributed by atoms with E-state index in [-0.39, 0.29) is 17.4 Å². The highest BCUT2D eigenvalue weighted by Crippen LogP contribution is 2.38. The van der Waals surface area contributed by atoms with Crippen molar-refractivity contribution >= 4 is 23.1 Å². The number of hydrogen-bond acceptors (Lipinski definition) is 4. The molecule has 0 amide bonds. The summed E-state index contributed by atoms with van der Waals surface area (Å²) in [6, 6.07) is 11.3. The maximum Gasteiger partial charge on any atom is 0.200 e. The van der Waals surface area contributed by atoms with Gasteiger partial charge in [-0.3, -0.25) is 9.67 Å². The first-order chi connectivity index (χ1) is 13.3. The molecule has 0 saturated heterocycles. The summed E-state index contributed by atoms with van der Waals surface area (Å²) in [6.45, 7) is 6.04. The fraction of sp³-hybridized carbons (Fsp3) is 0.238. The molecule has 0 atom stereocenters. The van der Waals surface area contributed by atoms with Gasteiger partial charge in [0.2, 0.25) is 0 Å². The van der Waals surface area contributed by atoms with Gasteiger partial charge in [0.05, 0.1) is 11.3 Å². The molecule has 2 aromatic carbocycles. The summed E-state index contributed by atoms with van der Waals surface area (Å²) in [4.78, 5) is 0. The van der Waals surface area contributed by atoms with Crippen LogP contribution < -0.4 is 0 Å². The number of benzene rings is 2. The van der Waals surface area contributed by atoms with Gasteiger partial charge in [0, 0.05) is 29.7 Å². The van der Waals surface area contributed by atoms with Crippen LogP contribution in [0.3, 0.4) is 0 Å². The lowest BCUT2D eigenvalue weighted by Gasteiger charge is -2.13. The highest BCUT2D eigenvalue weighted by atomic mass is 32.1. The minimum atomic E-state index is -0.0474. The molecular weight excluding hydrogens is 372 g/mol. The molecule has 2 heterocycles. The molecule has 0 aliphatic rings. The fourth-order valence-electron chi connectivity index (χ4n) is 3.57. The Morgan fingerprint density at radius 2 is 1.82 bits per heavy atom. The van der Waals surface area contributed by atoms with Gasteiger partial charge >= 0.3 is 0 Å². The van der Waals surface area contributed by atoms with Gasteiger partial charge in [0.15, 0.2) is 10.6 Å². The first-order valence-electron chi connectivity index (χ1n) is 9.08. The zero-order chi connectivity index (χ0) is 20.2. The number of rotatable bonds is 3. The van der Waals surface area contributed by atoms with Gasteiger partial charge in [-0.2, -0.15) is 5.10 Å². The highest BCUT2D eigenvalue weighted by molar-refractivity contribution is 7.71. The number of nitrogens with one attached hydrogen (secondary N) is 1. The zero-order valence-electron chi connectivity index (χ0n) is 16.2. The summed E-state index contributed by atoms with van der Waals surface area (Å²) in [5.74, 6) is 0.613. The summed E-state index contributed by atoms with van der Waals surface area (Å²) in [5.41, 5.74) is 4.40. The molecule has 0 spiro atoms. The maximum atomic E-state index is 10.5. The topological polar surface area (TPSA) is 79.0 Å². The molecule has 4 rings (SSSR count). The Hall–Kier alpha value is -3.06. The van der Waals surface area contributed by atoms with Crippen LogP contribution in [0.1, 0.15) is 31.0 Å². The van der Waals surface area contributed by atoms with Crippen molar-refractivity contribution in [2.45, 2.75) is 26.7 Å². The van der Waals surface area contributed by atoms with Gasteiger partial charge in [-0.05, 0) is 61.0 Å². The Labute approximate surface area is 167 Å². The Morgan fingerprint density at radius 3 is 2.54 bits per heavy atom. The van der Waals surface area contributed by atoms with E-state index in [2.05, 4.69) is 33.8 Å². The third kappa shape index (κ3) is 2.79. The van der Waals surface area contributed by atoms with Gasteiger partial charge in [-0.25, -0.2) is 0 Å². The maximum absolute atomic E-state index is 10.5. The lowest BCUT2D eigenvalue weighted by atomic mass is 9.98. The summed E-state index contributed by atoms with van der Waals surface area (Å²) in [7, 11) is 2.04. The average Bonchev–Trinajstić information content (AvgIpc) is 3.14. The first-order valence-corrected chi connectivity index (χ1v) is 9.49. The van der Waals surface area contributed by atoms with E-state index in [1.54, 1.807) is 10.6 Å². The summed E-state index contributed by atoms with van der Waals surface area (Å²) < 4.78 is 4.36. The van der Waals surface area contributed by atoms with Crippen LogP contribution in [0.25, 0.3) is 28.0 Å². The number of aromatic amines is 1. The van der Waals surface area contributed by atoms with E-state index < -0.39 is 0 Å². The number of phenolic OH excluding ortho intramolecular Hbond substituents is 2. The molecule has 3 N–H and O–H groups in total. The number of aromatic hydroxyl groups is 2.